The fourth-order valence-electron chi connectivity index (χ4n) is 1.98. The average molecular weight is 325 g/mol. The van der Waals surface area contributed by atoms with Gasteiger partial charge in [-0.1, -0.05) is 35.3 Å². The maximum atomic E-state index is 6.26. The van der Waals surface area contributed by atoms with Crippen LogP contribution in [0.3, 0.4) is 0 Å². The number of rotatable bonds is 5. The highest BCUT2D eigenvalue weighted by molar-refractivity contribution is 6.42. The zero-order chi connectivity index (χ0) is 15.4. The van der Waals surface area contributed by atoms with Gasteiger partial charge in [0, 0.05) is 6.20 Å². The van der Waals surface area contributed by atoms with Crippen LogP contribution in [0, 0.1) is 0 Å². The predicted molar refractivity (Wildman–Crippen MR) is 88.5 cm³/mol. The first-order chi connectivity index (χ1) is 9.99. The molecule has 5 heteroatoms. The SMILES string of the molecule is CC(C)Oc1ncccc1NC(C)c1cccc(Cl)c1Cl. The predicted octanol–water partition coefficient (Wildman–Crippen LogP) is 5.35. The number of benzene rings is 1. The van der Waals surface area contributed by atoms with Crippen molar-refractivity contribution in [3.05, 3.63) is 52.1 Å². The standard InChI is InChI=1S/C16H18Cl2N2O/c1-10(2)21-16-14(8-5-9-19-16)20-11(3)12-6-4-7-13(17)15(12)18/h4-11,20H,1-3H3. The largest absolute Gasteiger partial charge is 0.473 e. The van der Waals surface area contributed by atoms with Gasteiger partial charge in [0.2, 0.25) is 5.88 Å². The van der Waals surface area contributed by atoms with Crippen molar-refractivity contribution >= 4 is 28.9 Å². The Balaban J connectivity index is 2.23. The highest BCUT2D eigenvalue weighted by atomic mass is 35.5. The summed E-state index contributed by atoms with van der Waals surface area (Å²) in [4.78, 5) is 4.26. The molecule has 0 aliphatic carbocycles. The van der Waals surface area contributed by atoms with Crippen molar-refractivity contribution in [2.75, 3.05) is 5.32 Å². The van der Waals surface area contributed by atoms with E-state index in [0.717, 1.165) is 11.3 Å². The monoisotopic (exact) mass is 324 g/mol. The highest BCUT2D eigenvalue weighted by Crippen LogP contribution is 2.33. The summed E-state index contributed by atoms with van der Waals surface area (Å²) in [5.41, 5.74) is 1.76. The maximum absolute atomic E-state index is 6.26. The number of aromatic nitrogens is 1. The lowest BCUT2D eigenvalue weighted by Gasteiger charge is -2.20. The molecule has 21 heavy (non-hydrogen) atoms. The minimum atomic E-state index is -0.0186. The summed E-state index contributed by atoms with van der Waals surface area (Å²) < 4.78 is 5.70. The van der Waals surface area contributed by atoms with Crippen LogP contribution >= 0.6 is 23.2 Å². The lowest BCUT2D eigenvalue weighted by molar-refractivity contribution is 0.234. The van der Waals surface area contributed by atoms with Gasteiger partial charge in [0.05, 0.1) is 27.9 Å². The molecule has 0 saturated heterocycles. The third-order valence-corrected chi connectivity index (χ3v) is 3.77. The Morgan fingerprint density at radius 2 is 1.86 bits per heavy atom. The normalized spacial score (nSPS) is 12.3. The van der Waals surface area contributed by atoms with E-state index in [1.165, 1.54) is 0 Å². The van der Waals surface area contributed by atoms with Crippen molar-refractivity contribution in [1.29, 1.82) is 0 Å². The van der Waals surface area contributed by atoms with Gasteiger partial charge < -0.3 is 10.1 Å². The number of anilines is 1. The van der Waals surface area contributed by atoms with E-state index in [1.54, 1.807) is 12.3 Å². The van der Waals surface area contributed by atoms with Gasteiger partial charge in [-0.15, -0.1) is 0 Å². The highest BCUT2D eigenvalue weighted by Gasteiger charge is 2.14. The molecule has 0 radical (unpaired) electrons. The summed E-state index contributed by atoms with van der Waals surface area (Å²) in [5.74, 6) is 0.581. The number of halogens is 2. The van der Waals surface area contributed by atoms with Crippen molar-refractivity contribution in [2.45, 2.75) is 32.9 Å². The van der Waals surface area contributed by atoms with Gasteiger partial charge in [0.25, 0.3) is 0 Å². The molecular formula is C16H18Cl2N2O. The number of hydrogen-bond acceptors (Lipinski definition) is 3. The van der Waals surface area contributed by atoms with Crippen LogP contribution in [-0.4, -0.2) is 11.1 Å². The molecule has 0 amide bonds. The zero-order valence-corrected chi connectivity index (χ0v) is 13.7. The molecule has 0 saturated carbocycles. The fourth-order valence-corrected chi connectivity index (χ4v) is 2.46. The molecule has 1 unspecified atom stereocenters. The van der Waals surface area contributed by atoms with Gasteiger partial charge in [-0.2, -0.15) is 0 Å². The Bertz CT molecular complexity index is 617. The van der Waals surface area contributed by atoms with Crippen LogP contribution in [0.4, 0.5) is 5.69 Å². The van der Waals surface area contributed by atoms with Crippen molar-refractivity contribution in [3.63, 3.8) is 0 Å². The first-order valence-corrected chi connectivity index (χ1v) is 7.56. The molecule has 3 nitrogen and oxygen atoms in total. The lowest BCUT2D eigenvalue weighted by Crippen LogP contribution is -2.12. The minimum absolute atomic E-state index is 0.0186. The maximum Gasteiger partial charge on any atom is 0.237 e. The number of ether oxygens (including phenoxy) is 1. The van der Waals surface area contributed by atoms with E-state index in [4.69, 9.17) is 27.9 Å². The summed E-state index contributed by atoms with van der Waals surface area (Å²) in [7, 11) is 0. The van der Waals surface area contributed by atoms with Crippen LogP contribution in [-0.2, 0) is 0 Å². The van der Waals surface area contributed by atoms with E-state index in [0.29, 0.717) is 15.9 Å². The van der Waals surface area contributed by atoms with Gasteiger partial charge in [-0.05, 0) is 44.5 Å². The zero-order valence-electron chi connectivity index (χ0n) is 12.2. The molecule has 1 aromatic carbocycles. The number of nitrogens with one attached hydrogen (secondary N) is 1. The Hall–Kier alpha value is -1.45. The minimum Gasteiger partial charge on any atom is -0.473 e. The first kappa shape index (κ1) is 15.9. The van der Waals surface area contributed by atoms with E-state index >= 15 is 0 Å². The van der Waals surface area contributed by atoms with Gasteiger partial charge in [-0.25, -0.2) is 4.98 Å². The molecule has 0 bridgehead atoms. The summed E-state index contributed by atoms with van der Waals surface area (Å²) >= 11 is 12.3. The molecule has 2 aromatic rings. The smallest absolute Gasteiger partial charge is 0.237 e. The van der Waals surface area contributed by atoms with Gasteiger partial charge in [0.15, 0.2) is 0 Å². The van der Waals surface area contributed by atoms with E-state index < -0.39 is 0 Å². The summed E-state index contributed by atoms with van der Waals surface area (Å²) in [5, 5.41) is 4.48. The van der Waals surface area contributed by atoms with Crippen LogP contribution in [0.2, 0.25) is 10.0 Å². The average Bonchev–Trinajstić information content (AvgIpc) is 2.43. The van der Waals surface area contributed by atoms with E-state index in [9.17, 15) is 0 Å². The Labute approximate surface area is 135 Å². The van der Waals surface area contributed by atoms with Crippen LogP contribution in [0.1, 0.15) is 32.4 Å². The second-order valence-electron chi connectivity index (χ2n) is 5.03. The number of hydrogen-bond donors (Lipinski definition) is 1. The lowest BCUT2D eigenvalue weighted by atomic mass is 10.1. The molecule has 0 aliphatic heterocycles. The van der Waals surface area contributed by atoms with Crippen LogP contribution in [0.5, 0.6) is 5.88 Å². The third kappa shape index (κ3) is 4.02. The molecule has 1 aromatic heterocycles. The molecule has 2 rings (SSSR count). The Morgan fingerprint density at radius 1 is 1.10 bits per heavy atom. The van der Waals surface area contributed by atoms with Crippen molar-refractivity contribution < 1.29 is 4.74 Å². The number of nitrogens with zero attached hydrogens (tertiary/aromatic N) is 1. The summed E-state index contributed by atoms with van der Waals surface area (Å²) in [6, 6.07) is 9.38. The van der Waals surface area contributed by atoms with E-state index in [1.807, 2.05) is 45.0 Å². The van der Waals surface area contributed by atoms with E-state index in [2.05, 4.69) is 10.3 Å². The topological polar surface area (TPSA) is 34.1 Å². The van der Waals surface area contributed by atoms with Gasteiger partial charge in [-0.3, -0.25) is 0 Å². The third-order valence-electron chi connectivity index (χ3n) is 2.94. The fraction of sp³-hybridized carbons (Fsp3) is 0.312. The second-order valence-corrected chi connectivity index (χ2v) is 5.82. The second kappa shape index (κ2) is 7.01. The quantitative estimate of drug-likeness (QED) is 0.805. The van der Waals surface area contributed by atoms with Crippen LogP contribution in [0.15, 0.2) is 36.5 Å². The van der Waals surface area contributed by atoms with Crippen LogP contribution in [0.25, 0.3) is 0 Å². The molecule has 1 N–H and O–H groups in total. The van der Waals surface area contributed by atoms with Gasteiger partial charge >= 0.3 is 0 Å². The van der Waals surface area contributed by atoms with Crippen LogP contribution < -0.4 is 10.1 Å². The van der Waals surface area contributed by atoms with Crippen molar-refractivity contribution in [3.8, 4) is 5.88 Å². The number of pyridine rings is 1. The molecular weight excluding hydrogens is 307 g/mol. The summed E-state index contributed by atoms with van der Waals surface area (Å²) in [6.45, 7) is 5.95. The van der Waals surface area contributed by atoms with Gasteiger partial charge in [0.1, 0.15) is 0 Å². The Kier molecular flexibility index (Phi) is 5.32. The molecule has 0 aliphatic rings. The molecule has 1 atom stereocenters. The Morgan fingerprint density at radius 3 is 2.57 bits per heavy atom. The van der Waals surface area contributed by atoms with Crippen molar-refractivity contribution in [1.82, 2.24) is 4.98 Å². The first-order valence-electron chi connectivity index (χ1n) is 6.81. The molecule has 0 spiro atoms. The summed E-state index contributed by atoms with van der Waals surface area (Å²) in [6.07, 6.45) is 1.77. The van der Waals surface area contributed by atoms with Crippen molar-refractivity contribution in [2.24, 2.45) is 0 Å². The molecule has 0 fully saturated rings. The van der Waals surface area contributed by atoms with E-state index in [-0.39, 0.29) is 12.1 Å². The molecule has 112 valence electrons. The molecule has 1 heterocycles.